The summed E-state index contributed by atoms with van der Waals surface area (Å²) in [5.41, 5.74) is 5.27. The molecule has 0 spiro atoms. The van der Waals surface area contributed by atoms with Crippen LogP contribution in [0.15, 0.2) is 59.2 Å². The molecule has 2 aliphatic rings. The summed E-state index contributed by atoms with van der Waals surface area (Å²) in [7, 11) is 0. The number of hydrogen-bond donors (Lipinski definition) is 2. The second-order valence-electron chi connectivity index (χ2n) is 8.81. The first-order valence-electron chi connectivity index (χ1n) is 10.9. The summed E-state index contributed by atoms with van der Waals surface area (Å²) in [6.07, 6.45) is -1.01. The monoisotopic (exact) mass is 494 g/mol. The molecule has 0 amide bonds. The highest BCUT2D eigenvalue weighted by molar-refractivity contribution is 6.34. The van der Waals surface area contributed by atoms with E-state index >= 15 is 0 Å². The van der Waals surface area contributed by atoms with Gasteiger partial charge in [0, 0.05) is 31.9 Å². The number of amidine groups is 1. The number of halogens is 5. The minimum absolute atomic E-state index is 0.0334. The average molecular weight is 495 g/mol. The summed E-state index contributed by atoms with van der Waals surface area (Å²) in [5.74, 6) is -0.587. The molecule has 1 aromatic carbocycles. The van der Waals surface area contributed by atoms with E-state index in [0.717, 1.165) is 37.5 Å². The van der Waals surface area contributed by atoms with Crippen molar-refractivity contribution < 1.29 is 23.0 Å². The van der Waals surface area contributed by atoms with Gasteiger partial charge >= 0.3 is 6.18 Å². The molecule has 0 bridgehead atoms. The Kier molecular flexibility index (Phi) is 7.04. The van der Waals surface area contributed by atoms with Gasteiger partial charge in [0.1, 0.15) is 17.2 Å². The Morgan fingerprint density at radius 3 is 2.53 bits per heavy atom. The number of likely N-dealkylation sites (tertiary alicyclic amines) is 1. The molecule has 1 saturated carbocycles. The van der Waals surface area contributed by atoms with E-state index in [2.05, 4.69) is 14.9 Å². The fourth-order valence-electron chi connectivity index (χ4n) is 4.84. The van der Waals surface area contributed by atoms with Gasteiger partial charge in [-0.05, 0) is 55.0 Å². The van der Waals surface area contributed by atoms with Crippen LogP contribution in [-0.2, 0) is 6.54 Å². The van der Waals surface area contributed by atoms with Crippen molar-refractivity contribution in [3.05, 3.63) is 76.3 Å². The Labute approximate surface area is 199 Å². The van der Waals surface area contributed by atoms with Crippen LogP contribution in [-0.4, -0.2) is 46.7 Å². The lowest BCUT2D eigenvalue weighted by atomic mass is 10.0. The largest absolute Gasteiger partial charge is 0.420 e. The highest BCUT2D eigenvalue weighted by Crippen LogP contribution is 2.40. The summed E-state index contributed by atoms with van der Waals surface area (Å²) in [6.45, 7) is 2.46. The van der Waals surface area contributed by atoms with Crippen LogP contribution in [0.3, 0.4) is 0 Å². The topological polar surface area (TPSA) is 80.1 Å². The number of rotatable bonds is 6. The lowest BCUT2D eigenvalue weighted by molar-refractivity contribution is -0.112. The van der Waals surface area contributed by atoms with Crippen molar-refractivity contribution in [2.75, 3.05) is 13.1 Å². The minimum atomic E-state index is -4.79. The number of nitrogens with two attached hydrogens (primary N) is 2. The van der Waals surface area contributed by atoms with E-state index in [9.17, 15) is 17.6 Å². The lowest BCUT2D eigenvalue weighted by Crippen LogP contribution is -2.41. The first-order valence-corrected chi connectivity index (χ1v) is 11.3. The third-order valence-electron chi connectivity index (χ3n) is 6.36. The summed E-state index contributed by atoms with van der Waals surface area (Å²) >= 11 is 5.98. The maximum atomic E-state index is 13.8. The van der Waals surface area contributed by atoms with E-state index in [0.29, 0.717) is 30.8 Å². The van der Waals surface area contributed by atoms with Crippen LogP contribution < -0.4 is 11.1 Å². The number of aromatic nitrogens is 1. The van der Waals surface area contributed by atoms with E-state index < -0.39 is 23.4 Å². The molecule has 2 heterocycles. The molecule has 1 aliphatic heterocycles. The highest BCUT2D eigenvalue weighted by Gasteiger charge is 2.42. The molecule has 180 valence electrons. The predicted octanol–water partition coefficient (Wildman–Crippen LogP) is 3.18. The molecular formula is C24H25ClF4N5+. The smallest absolute Gasteiger partial charge is 0.383 e. The second-order valence-corrected chi connectivity index (χ2v) is 9.22. The summed E-state index contributed by atoms with van der Waals surface area (Å²) < 4.78 is 54.9. The van der Waals surface area contributed by atoms with Crippen LogP contribution in [0.2, 0.25) is 5.02 Å². The number of benzene rings is 1. The van der Waals surface area contributed by atoms with Gasteiger partial charge in [0.2, 0.25) is 5.71 Å². The minimum Gasteiger partial charge on any atom is -0.383 e. The first-order chi connectivity index (χ1) is 16.1. The Balaban J connectivity index is 1.45. The number of alkyl halides is 3. The average Bonchev–Trinajstić information content (AvgIpc) is 3.31. The van der Waals surface area contributed by atoms with Crippen molar-refractivity contribution in [3.8, 4) is 0 Å². The van der Waals surface area contributed by atoms with E-state index in [1.54, 1.807) is 6.20 Å². The molecule has 4 N–H and O–H groups in total. The highest BCUT2D eigenvalue weighted by atomic mass is 35.5. The van der Waals surface area contributed by atoms with Crippen molar-refractivity contribution in [2.45, 2.75) is 31.6 Å². The SMILES string of the molecule is NC(=NC1C[C@@H]2CN(Cc3ccccn3)C[C@@H]2C1)/C(=C\C(=[NH2+])c1cc(F)ccc1Cl)C(F)(F)F. The molecule has 2 fully saturated rings. The fraction of sp³-hybridized carbons (Fsp3) is 0.375. The predicted molar refractivity (Wildman–Crippen MR) is 123 cm³/mol. The molecule has 1 aliphatic carbocycles. The van der Waals surface area contributed by atoms with Crippen molar-refractivity contribution in [2.24, 2.45) is 22.6 Å². The van der Waals surface area contributed by atoms with Crippen LogP contribution in [0.1, 0.15) is 24.1 Å². The molecule has 4 rings (SSSR count). The maximum Gasteiger partial charge on any atom is 0.420 e. The third-order valence-corrected chi connectivity index (χ3v) is 6.69. The van der Waals surface area contributed by atoms with E-state index in [-0.39, 0.29) is 22.3 Å². The van der Waals surface area contributed by atoms with Crippen LogP contribution in [0, 0.1) is 17.7 Å². The molecule has 1 unspecified atom stereocenters. The van der Waals surface area contributed by atoms with Gasteiger partial charge in [-0.2, -0.15) is 13.2 Å². The van der Waals surface area contributed by atoms with Gasteiger partial charge in [-0.25, -0.2) is 4.39 Å². The third kappa shape index (κ3) is 5.64. The molecule has 3 atom stereocenters. The fourth-order valence-corrected chi connectivity index (χ4v) is 5.07. The van der Waals surface area contributed by atoms with Gasteiger partial charge < -0.3 is 5.73 Å². The van der Waals surface area contributed by atoms with Gasteiger partial charge in [-0.15, -0.1) is 0 Å². The van der Waals surface area contributed by atoms with Crippen molar-refractivity contribution in [1.82, 2.24) is 9.88 Å². The number of nitrogens with zero attached hydrogens (tertiary/aromatic N) is 3. The van der Waals surface area contributed by atoms with Crippen molar-refractivity contribution >= 4 is 23.1 Å². The quantitative estimate of drug-likeness (QED) is 0.368. The molecule has 5 nitrogen and oxygen atoms in total. The van der Waals surface area contributed by atoms with Gasteiger partial charge in [0.25, 0.3) is 0 Å². The Morgan fingerprint density at radius 2 is 1.91 bits per heavy atom. The Hall–Kier alpha value is -2.78. The van der Waals surface area contributed by atoms with E-state index in [1.165, 1.54) is 6.07 Å². The standard InChI is InChI=1S/C24H24ClF4N5/c25-21-5-4-16(26)9-19(21)22(30)10-20(24(27,28)29)23(31)33-18-7-14-11-34(12-15(14)8-18)13-17-3-1-2-6-32-17/h1-6,9-10,14-15,18,30H,7-8,11-13H2,(H2,31,33)/p+1/b20-10+,30-22?/t14-,15+,18?. The zero-order valence-electron chi connectivity index (χ0n) is 18.3. The molecular weight excluding hydrogens is 470 g/mol. The van der Waals surface area contributed by atoms with E-state index in [4.69, 9.17) is 22.7 Å². The van der Waals surface area contributed by atoms with Crippen LogP contribution >= 0.6 is 11.6 Å². The molecule has 1 aromatic heterocycles. The molecule has 2 aromatic rings. The van der Waals surface area contributed by atoms with Gasteiger partial charge in [-0.3, -0.25) is 20.3 Å². The lowest BCUT2D eigenvalue weighted by Gasteiger charge is -2.18. The molecule has 10 heteroatoms. The van der Waals surface area contributed by atoms with Gasteiger partial charge in [-0.1, -0.05) is 17.7 Å². The number of aliphatic imine (C=N–C) groups is 1. The number of fused-ring (bicyclic) bond motifs is 1. The number of allylic oxidation sites excluding steroid dienone is 1. The first kappa shape index (κ1) is 24.3. The van der Waals surface area contributed by atoms with Crippen LogP contribution in [0.5, 0.6) is 0 Å². The summed E-state index contributed by atoms with van der Waals surface area (Å²) in [6, 6.07) is 8.81. The van der Waals surface area contributed by atoms with Gasteiger partial charge in [0.05, 0.1) is 22.3 Å². The van der Waals surface area contributed by atoms with Crippen molar-refractivity contribution in [3.63, 3.8) is 0 Å². The molecule has 1 saturated heterocycles. The van der Waals surface area contributed by atoms with Crippen molar-refractivity contribution in [1.29, 1.82) is 0 Å². The Bertz CT molecular complexity index is 1100. The van der Waals surface area contributed by atoms with E-state index in [1.807, 2.05) is 18.2 Å². The number of hydrogen-bond acceptors (Lipinski definition) is 3. The zero-order chi connectivity index (χ0) is 24.5. The summed E-state index contributed by atoms with van der Waals surface area (Å²) in [4.78, 5) is 10.9. The zero-order valence-corrected chi connectivity index (χ0v) is 19.0. The molecule has 0 radical (unpaired) electrons. The van der Waals surface area contributed by atoms with Crippen LogP contribution in [0.4, 0.5) is 17.6 Å². The summed E-state index contributed by atoms with van der Waals surface area (Å²) in [5, 5.41) is 5.86. The van der Waals surface area contributed by atoms with Crippen LogP contribution in [0.25, 0.3) is 0 Å². The normalized spacial score (nSPS) is 23.9. The molecule has 34 heavy (non-hydrogen) atoms. The Morgan fingerprint density at radius 1 is 1.21 bits per heavy atom. The van der Waals surface area contributed by atoms with Gasteiger partial charge in [0.15, 0.2) is 0 Å². The maximum absolute atomic E-state index is 13.8. The second kappa shape index (κ2) is 9.84. The number of pyridine rings is 1.